The van der Waals surface area contributed by atoms with Gasteiger partial charge in [-0.1, -0.05) is 6.92 Å². The number of nitro groups is 2. The lowest BCUT2D eigenvalue weighted by Gasteiger charge is -2.16. The number of anilines is 2. The van der Waals surface area contributed by atoms with Crippen molar-refractivity contribution >= 4 is 22.7 Å². The van der Waals surface area contributed by atoms with E-state index in [0.717, 1.165) is 0 Å². The Morgan fingerprint density at radius 1 is 1.33 bits per heavy atom. The van der Waals surface area contributed by atoms with E-state index in [9.17, 15) is 20.2 Å². The van der Waals surface area contributed by atoms with Gasteiger partial charge in [-0.15, -0.1) is 0 Å². The third-order valence-corrected chi connectivity index (χ3v) is 3.21. The molecule has 0 aliphatic rings. The summed E-state index contributed by atoms with van der Waals surface area (Å²) < 4.78 is 0. The minimum Gasteiger partial charge on any atom is -0.392 e. The number of hydrogen-bond donors (Lipinski definition) is 2. The summed E-state index contributed by atoms with van der Waals surface area (Å²) in [6.45, 7) is 4.91. The highest BCUT2D eigenvalue weighted by molar-refractivity contribution is 5.89. The number of rotatable bonds is 5. The highest BCUT2D eigenvalue weighted by Crippen LogP contribution is 2.44. The molecule has 0 bridgehead atoms. The summed E-state index contributed by atoms with van der Waals surface area (Å²) in [6, 6.07) is 1.46. The van der Waals surface area contributed by atoms with Crippen LogP contribution < -0.4 is 11.1 Å². The van der Waals surface area contributed by atoms with Gasteiger partial charge in [0.05, 0.1) is 15.4 Å². The van der Waals surface area contributed by atoms with Crippen LogP contribution in [0.5, 0.6) is 0 Å². The second kappa shape index (κ2) is 6.04. The lowest BCUT2D eigenvalue weighted by atomic mass is 10.0. The smallest absolute Gasteiger partial charge is 0.323 e. The molecule has 1 unspecified atom stereocenters. The van der Waals surface area contributed by atoms with Gasteiger partial charge in [0.15, 0.2) is 5.69 Å². The molecule has 0 aromatic heterocycles. The molecule has 1 atom stereocenters. The van der Waals surface area contributed by atoms with E-state index in [-0.39, 0.29) is 28.5 Å². The van der Waals surface area contributed by atoms with Crippen LogP contribution in [0.15, 0.2) is 0 Å². The van der Waals surface area contributed by atoms with Crippen LogP contribution >= 0.6 is 0 Å². The average Bonchev–Trinajstić information content (AvgIpc) is 2.37. The summed E-state index contributed by atoms with van der Waals surface area (Å²) in [4.78, 5) is 20.9. The molecule has 0 amide bonds. The van der Waals surface area contributed by atoms with Crippen molar-refractivity contribution in [3.05, 3.63) is 31.4 Å². The third-order valence-electron chi connectivity index (χ3n) is 3.21. The summed E-state index contributed by atoms with van der Waals surface area (Å²) in [5, 5.41) is 34.3. The lowest BCUT2D eigenvalue weighted by molar-refractivity contribution is -0.392. The standard InChI is InChI=1S/C12H15N5O4/c1-4-6(2)15-10-11(16(18)19)7(3)8(5-13)9(14)12(10)17(20)21/h6,15H,4,14H2,1-3H3. The molecule has 9 heteroatoms. The van der Waals surface area contributed by atoms with Gasteiger partial charge in [0.2, 0.25) is 0 Å². The van der Waals surface area contributed by atoms with Crippen molar-refractivity contribution in [3.8, 4) is 6.07 Å². The van der Waals surface area contributed by atoms with Gasteiger partial charge in [0.1, 0.15) is 11.8 Å². The highest BCUT2D eigenvalue weighted by Gasteiger charge is 2.34. The number of nitrogen functional groups attached to an aromatic ring is 1. The van der Waals surface area contributed by atoms with E-state index < -0.39 is 21.2 Å². The molecule has 0 heterocycles. The molecular formula is C12H15N5O4. The maximum atomic E-state index is 11.3. The van der Waals surface area contributed by atoms with E-state index in [1.807, 2.05) is 6.92 Å². The van der Waals surface area contributed by atoms with E-state index in [0.29, 0.717) is 6.42 Å². The zero-order chi connectivity index (χ0) is 16.3. The second-order valence-electron chi connectivity index (χ2n) is 4.57. The monoisotopic (exact) mass is 293 g/mol. The number of hydrogen-bond acceptors (Lipinski definition) is 7. The molecule has 21 heavy (non-hydrogen) atoms. The number of nitro benzene ring substituents is 2. The Hall–Kier alpha value is -2.89. The Kier molecular flexibility index (Phi) is 4.65. The Balaban J connectivity index is 3.84. The first-order valence-corrected chi connectivity index (χ1v) is 6.17. The molecule has 9 nitrogen and oxygen atoms in total. The van der Waals surface area contributed by atoms with Crippen molar-refractivity contribution in [2.45, 2.75) is 33.2 Å². The van der Waals surface area contributed by atoms with Crippen molar-refractivity contribution in [1.82, 2.24) is 0 Å². The van der Waals surface area contributed by atoms with Crippen molar-refractivity contribution in [2.24, 2.45) is 0 Å². The fraction of sp³-hybridized carbons (Fsp3) is 0.417. The molecule has 3 N–H and O–H groups in total. The zero-order valence-corrected chi connectivity index (χ0v) is 11.8. The molecule has 0 saturated carbocycles. The summed E-state index contributed by atoms with van der Waals surface area (Å²) in [5.74, 6) is 0. The Labute approximate surface area is 120 Å². The largest absolute Gasteiger partial charge is 0.392 e. The lowest BCUT2D eigenvalue weighted by Crippen LogP contribution is -2.18. The van der Waals surface area contributed by atoms with Gasteiger partial charge in [-0.05, 0) is 20.3 Å². The van der Waals surface area contributed by atoms with E-state index in [1.54, 1.807) is 13.0 Å². The number of nitrogens with zero attached hydrogens (tertiary/aromatic N) is 3. The van der Waals surface area contributed by atoms with Crippen molar-refractivity contribution in [3.63, 3.8) is 0 Å². The molecule has 0 saturated heterocycles. The SMILES string of the molecule is CCC(C)Nc1c([N+](=O)[O-])c(C)c(C#N)c(N)c1[N+](=O)[O-]. The predicted molar refractivity (Wildman–Crippen MR) is 77.0 cm³/mol. The molecule has 112 valence electrons. The van der Waals surface area contributed by atoms with Crippen LogP contribution in [0.4, 0.5) is 22.7 Å². The van der Waals surface area contributed by atoms with Crippen LogP contribution in [0.1, 0.15) is 31.4 Å². The predicted octanol–water partition coefficient (Wildman–Crippen LogP) is 2.48. The van der Waals surface area contributed by atoms with Gasteiger partial charge >= 0.3 is 11.4 Å². The van der Waals surface area contributed by atoms with Gasteiger partial charge in [-0.25, -0.2) is 0 Å². The van der Waals surface area contributed by atoms with E-state index in [2.05, 4.69) is 5.32 Å². The first-order chi connectivity index (χ1) is 9.76. The van der Waals surface area contributed by atoms with Gasteiger partial charge < -0.3 is 11.1 Å². The minimum atomic E-state index is -0.812. The van der Waals surface area contributed by atoms with Crippen LogP contribution in [0.2, 0.25) is 0 Å². The molecule has 0 spiro atoms. The Morgan fingerprint density at radius 3 is 2.24 bits per heavy atom. The van der Waals surface area contributed by atoms with Crippen molar-refractivity contribution < 1.29 is 9.85 Å². The summed E-state index contributed by atoms with van der Waals surface area (Å²) in [6.07, 6.45) is 0.604. The molecule has 1 aromatic rings. The molecule has 0 radical (unpaired) electrons. The first kappa shape index (κ1) is 16.2. The van der Waals surface area contributed by atoms with Crippen molar-refractivity contribution in [1.29, 1.82) is 5.26 Å². The van der Waals surface area contributed by atoms with Gasteiger partial charge in [-0.3, -0.25) is 20.2 Å². The van der Waals surface area contributed by atoms with Crippen LogP contribution in [-0.2, 0) is 0 Å². The van der Waals surface area contributed by atoms with Gasteiger partial charge in [0.25, 0.3) is 0 Å². The highest BCUT2D eigenvalue weighted by atomic mass is 16.6. The van der Waals surface area contributed by atoms with Crippen LogP contribution in [-0.4, -0.2) is 15.9 Å². The Bertz CT molecular complexity index is 609. The van der Waals surface area contributed by atoms with E-state index in [4.69, 9.17) is 11.0 Å². The quantitative estimate of drug-likeness (QED) is 0.481. The first-order valence-electron chi connectivity index (χ1n) is 6.17. The molecule has 1 aromatic carbocycles. The maximum absolute atomic E-state index is 11.3. The topological polar surface area (TPSA) is 148 Å². The molecule has 0 aliphatic carbocycles. The number of nitrogens with one attached hydrogen (secondary N) is 1. The maximum Gasteiger partial charge on any atom is 0.323 e. The normalized spacial score (nSPS) is 11.5. The summed E-state index contributed by atoms with van der Waals surface area (Å²) in [5.41, 5.74) is 3.67. The summed E-state index contributed by atoms with van der Waals surface area (Å²) >= 11 is 0. The molecule has 1 rings (SSSR count). The van der Waals surface area contributed by atoms with Gasteiger partial charge in [0, 0.05) is 11.6 Å². The van der Waals surface area contributed by atoms with Gasteiger partial charge in [-0.2, -0.15) is 5.26 Å². The minimum absolute atomic E-state index is 0.0106. The molecule has 0 aliphatic heterocycles. The second-order valence-corrected chi connectivity index (χ2v) is 4.57. The molecular weight excluding hydrogens is 278 g/mol. The van der Waals surface area contributed by atoms with Crippen molar-refractivity contribution in [2.75, 3.05) is 11.1 Å². The molecule has 0 fully saturated rings. The third kappa shape index (κ3) is 2.84. The van der Waals surface area contributed by atoms with Crippen LogP contribution in [0.3, 0.4) is 0 Å². The van der Waals surface area contributed by atoms with Crippen LogP contribution in [0, 0.1) is 38.5 Å². The fourth-order valence-corrected chi connectivity index (χ4v) is 1.92. The van der Waals surface area contributed by atoms with E-state index >= 15 is 0 Å². The van der Waals surface area contributed by atoms with E-state index in [1.165, 1.54) is 6.92 Å². The number of benzene rings is 1. The zero-order valence-electron chi connectivity index (χ0n) is 11.8. The summed E-state index contributed by atoms with van der Waals surface area (Å²) in [7, 11) is 0. The number of nitriles is 1. The average molecular weight is 293 g/mol. The van der Waals surface area contributed by atoms with Crippen LogP contribution in [0.25, 0.3) is 0 Å². The number of nitrogens with two attached hydrogens (primary N) is 1. The fourth-order valence-electron chi connectivity index (χ4n) is 1.92. The Morgan fingerprint density at radius 2 is 1.86 bits per heavy atom.